The molecule has 0 atom stereocenters. The summed E-state index contributed by atoms with van der Waals surface area (Å²) in [5.74, 6) is 0.321. The molecule has 2 N–H and O–H groups in total. The molecule has 1 amide bonds. The third kappa shape index (κ3) is 5.30. The van der Waals surface area contributed by atoms with Crippen molar-refractivity contribution in [1.29, 1.82) is 0 Å². The van der Waals surface area contributed by atoms with Gasteiger partial charge >= 0.3 is 0 Å². The number of anilines is 1. The van der Waals surface area contributed by atoms with Gasteiger partial charge in [-0.1, -0.05) is 32.0 Å². The molecule has 0 unspecified atom stereocenters. The molecule has 5 nitrogen and oxygen atoms in total. The van der Waals surface area contributed by atoms with Crippen LogP contribution >= 0.6 is 0 Å². The fourth-order valence-electron chi connectivity index (χ4n) is 2.14. The van der Waals surface area contributed by atoms with E-state index in [1.165, 1.54) is 6.07 Å². The lowest BCUT2D eigenvalue weighted by Crippen LogP contribution is -2.26. The average Bonchev–Trinajstić information content (AvgIpc) is 2.53. The Kier molecular flexibility index (Phi) is 6.23. The van der Waals surface area contributed by atoms with Gasteiger partial charge in [0.2, 0.25) is 5.95 Å². The highest BCUT2D eigenvalue weighted by Gasteiger charge is 2.11. The van der Waals surface area contributed by atoms with Gasteiger partial charge in [0.15, 0.2) is 0 Å². The summed E-state index contributed by atoms with van der Waals surface area (Å²) >= 11 is 0. The Morgan fingerprint density at radius 3 is 2.71 bits per heavy atom. The van der Waals surface area contributed by atoms with E-state index in [9.17, 15) is 9.18 Å². The van der Waals surface area contributed by atoms with E-state index in [-0.39, 0.29) is 18.3 Å². The third-order valence-electron chi connectivity index (χ3n) is 3.49. The summed E-state index contributed by atoms with van der Waals surface area (Å²) in [6.07, 6.45) is 0.911. The first kappa shape index (κ1) is 17.8. The van der Waals surface area contributed by atoms with E-state index in [4.69, 9.17) is 0 Å². The Labute approximate surface area is 141 Å². The van der Waals surface area contributed by atoms with Gasteiger partial charge in [0.05, 0.1) is 0 Å². The summed E-state index contributed by atoms with van der Waals surface area (Å²) in [6.45, 7) is 6.86. The van der Waals surface area contributed by atoms with Crippen molar-refractivity contribution in [2.75, 3.05) is 11.9 Å². The van der Waals surface area contributed by atoms with Crippen LogP contribution in [0.3, 0.4) is 0 Å². The summed E-state index contributed by atoms with van der Waals surface area (Å²) in [5, 5.41) is 5.82. The minimum Gasteiger partial charge on any atom is -0.351 e. The first-order valence-electron chi connectivity index (χ1n) is 8.07. The number of rotatable bonds is 7. The number of benzene rings is 1. The van der Waals surface area contributed by atoms with Gasteiger partial charge < -0.3 is 10.6 Å². The summed E-state index contributed by atoms with van der Waals surface area (Å²) in [5.41, 5.74) is 1.50. The van der Waals surface area contributed by atoms with Crippen LogP contribution in [0, 0.1) is 18.7 Å². The molecule has 0 bridgehead atoms. The van der Waals surface area contributed by atoms with Gasteiger partial charge in [-0.25, -0.2) is 14.4 Å². The molecule has 0 aliphatic carbocycles. The molecule has 0 aliphatic rings. The molecule has 0 radical (unpaired) electrons. The number of hydrogen-bond acceptors (Lipinski definition) is 4. The molecule has 2 aromatic rings. The fourth-order valence-corrected chi connectivity index (χ4v) is 2.14. The monoisotopic (exact) mass is 330 g/mol. The van der Waals surface area contributed by atoms with E-state index >= 15 is 0 Å². The molecule has 6 heteroatoms. The van der Waals surface area contributed by atoms with Crippen LogP contribution in [0.5, 0.6) is 0 Å². The van der Waals surface area contributed by atoms with Crippen molar-refractivity contribution >= 4 is 11.9 Å². The van der Waals surface area contributed by atoms with Crippen LogP contribution in [0.15, 0.2) is 30.3 Å². The van der Waals surface area contributed by atoms with Crippen molar-refractivity contribution in [2.45, 2.75) is 33.7 Å². The van der Waals surface area contributed by atoms with Crippen molar-refractivity contribution in [2.24, 2.45) is 5.92 Å². The number of halogens is 1. The second-order valence-corrected chi connectivity index (χ2v) is 6.10. The van der Waals surface area contributed by atoms with E-state index in [0.717, 1.165) is 6.42 Å². The standard InChI is InChI=1S/C18H23FN4O/c1-12(2)8-9-20-17(24)16-10-13(3)22-18(23-16)21-11-14-6-4-5-7-15(14)19/h4-7,10,12H,8-9,11H2,1-3H3,(H,20,24)(H,21,22,23). The van der Waals surface area contributed by atoms with Crippen LogP contribution in [-0.2, 0) is 6.54 Å². The average molecular weight is 330 g/mol. The lowest BCUT2D eigenvalue weighted by atomic mass is 10.1. The first-order valence-corrected chi connectivity index (χ1v) is 8.07. The Morgan fingerprint density at radius 2 is 2.00 bits per heavy atom. The highest BCUT2D eigenvalue weighted by molar-refractivity contribution is 5.92. The lowest BCUT2D eigenvalue weighted by Gasteiger charge is -2.10. The molecule has 1 aromatic carbocycles. The summed E-state index contributed by atoms with van der Waals surface area (Å²) in [4.78, 5) is 20.6. The lowest BCUT2D eigenvalue weighted by molar-refractivity contribution is 0.0947. The SMILES string of the molecule is Cc1cc(C(=O)NCCC(C)C)nc(NCc2ccccc2F)n1. The molecule has 1 heterocycles. The zero-order chi connectivity index (χ0) is 17.5. The van der Waals surface area contributed by atoms with Gasteiger partial charge in [-0.15, -0.1) is 0 Å². The number of amides is 1. The molecule has 0 fully saturated rings. The smallest absolute Gasteiger partial charge is 0.270 e. The quantitative estimate of drug-likeness (QED) is 0.817. The maximum atomic E-state index is 13.6. The maximum Gasteiger partial charge on any atom is 0.270 e. The van der Waals surface area contributed by atoms with Crippen LogP contribution in [-0.4, -0.2) is 22.4 Å². The number of nitrogens with one attached hydrogen (secondary N) is 2. The van der Waals surface area contributed by atoms with Gasteiger partial charge in [0.25, 0.3) is 5.91 Å². The van der Waals surface area contributed by atoms with Crippen LogP contribution in [0.1, 0.15) is 42.0 Å². The minimum absolute atomic E-state index is 0.227. The van der Waals surface area contributed by atoms with Crippen LogP contribution in [0.4, 0.5) is 10.3 Å². The largest absolute Gasteiger partial charge is 0.351 e. The van der Waals surface area contributed by atoms with E-state index < -0.39 is 0 Å². The zero-order valence-electron chi connectivity index (χ0n) is 14.3. The topological polar surface area (TPSA) is 66.9 Å². The van der Waals surface area contributed by atoms with Crippen molar-refractivity contribution < 1.29 is 9.18 Å². The maximum absolute atomic E-state index is 13.6. The van der Waals surface area contributed by atoms with Crippen LogP contribution in [0.2, 0.25) is 0 Å². The van der Waals surface area contributed by atoms with E-state index in [1.54, 1.807) is 31.2 Å². The molecule has 0 saturated heterocycles. The number of carbonyl (C=O) groups is 1. The molecule has 0 saturated carbocycles. The number of aryl methyl sites for hydroxylation is 1. The van der Waals surface area contributed by atoms with Crippen molar-refractivity contribution in [3.8, 4) is 0 Å². The second-order valence-electron chi connectivity index (χ2n) is 6.10. The van der Waals surface area contributed by atoms with Gasteiger partial charge in [-0.3, -0.25) is 4.79 Å². The summed E-state index contributed by atoms with van der Waals surface area (Å²) < 4.78 is 13.6. The molecule has 0 spiro atoms. The van der Waals surface area contributed by atoms with E-state index in [0.29, 0.717) is 35.4 Å². The number of hydrogen-bond donors (Lipinski definition) is 2. The molecule has 2 rings (SSSR count). The Balaban J connectivity index is 2.02. The molecule has 24 heavy (non-hydrogen) atoms. The van der Waals surface area contributed by atoms with Crippen molar-refractivity contribution in [3.05, 3.63) is 53.1 Å². The molecular formula is C18H23FN4O. The van der Waals surface area contributed by atoms with E-state index in [1.807, 2.05) is 0 Å². The molecule has 128 valence electrons. The van der Waals surface area contributed by atoms with Crippen LogP contribution in [0.25, 0.3) is 0 Å². The Morgan fingerprint density at radius 1 is 1.25 bits per heavy atom. The van der Waals surface area contributed by atoms with Crippen molar-refractivity contribution in [1.82, 2.24) is 15.3 Å². The normalized spacial score (nSPS) is 10.7. The predicted molar refractivity (Wildman–Crippen MR) is 92.3 cm³/mol. The van der Waals surface area contributed by atoms with Gasteiger partial charge in [-0.05, 0) is 31.4 Å². The predicted octanol–water partition coefficient (Wildman–Crippen LogP) is 3.31. The molecule has 0 aliphatic heterocycles. The van der Waals surface area contributed by atoms with Crippen molar-refractivity contribution in [3.63, 3.8) is 0 Å². The number of nitrogens with zero attached hydrogens (tertiary/aromatic N) is 2. The zero-order valence-corrected chi connectivity index (χ0v) is 14.3. The van der Waals surface area contributed by atoms with Crippen LogP contribution < -0.4 is 10.6 Å². The van der Waals surface area contributed by atoms with Gasteiger partial charge in [-0.2, -0.15) is 0 Å². The van der Waals surface area contributed by atoms with Gasteiger partial charge in [0.1, 0.15) is 11.5 Å². The Bertz CT molecular complexity index is 703. The summed E-state index contributed by atoms with van der Waals surface area (Å²) in [7, 11) is 0. The summed E-state index contributed by atoms with van der Waals surface area (Å²) in [6, 6.07) is 8.14. The minimum atomic E-state index is -0.288. The fraction of sp³-hybridized carbons (Fsp3) is 0.389. The first-order chi connectivity index (χ1) is 11.5. The number of carbonyl (C=O) groups excluding carboxylic acids is 1. The highest BCUT2D eigenvalue weighted by atomic mass is 19.1. The van der Waals surface area contributed by atoms with Gasteiger partial charge in [0, 0.05) is 24.3 Å². The molecular weight excluding hydrogens is 307 g/mol. The number of aromatic nitrogens is 2. The second kappa shape index (κ2) is 8.38. The van der Waals surface area contributed by atoms with E-state index in [2.05, 4.69) is 34.4 Å². The third-order valence-corrected chi connectivity index (χ3v) is 3.49. The Hall–Kier alpha value is -2.50. The highest BCUT2D eigenvalue weighted by Crippen LogP contribution is 2.10. The molecule has 1 aromatic heterocycles.